The molecule has 1 atom stereocenters. The molecule has 0 saturated heterocycles. The largest absolute Gasteiger partial charge is 0.457 e. The zero-order valence-electron chi connectivity index (χ0n) is 11.0. The van der Waals surface area contributed by atoms with Crippen LogP contribution in [0.1, 0.15) is 17.4 Å². The summed E-state index contributed by atoms with van der Waals surface area (Å²) >= 11 is 0. The second-order valence-electron chi connectivity index (χ2n) is 4.23. The first-order valence-corrected chi connectivity index (χ1v) is 6.11. The monoisotopic (exact) mass is 256 g/mol. The second kappa shape index (κ2) is 6.00. The Labute approximate surface area is 112 Å². The van der Waals surface area contributed by atoms with Crippen molar-refractivity contribution in [2.45, 2.75) is 6.92 Å². The van der Waals surface area contributed by atoms with E-state index in [1.54, 1.807) is 25.4 Å². The molecule has 0 spiro atoms. The summed E-state index contributed by atoms with van der Waals surface area (Å²) in [6.45, 7) is 2.10. The van der Waals surface area contributed by atoms with Crippen molar-refractivity contribution in [1.29, 1.82) is 0 Å². The maximum Gasteiger partial charge on any atom is 0.269 e. The van der Waals surface area contributed by atoms with Crippen LogP contribution < -0.4 is 10.1 Å². The highest BCUT2D eigenvalue weighted by Gasteiger charge is 2.07. The van der Waals surface area contributed by atoms with Crippen LogP contribution in [-0.4, -0.2) is 17.9 Å². The fourth-order valence-corrected chi connectivity index (χ4v) is 1.62. The zero-order valence-corrected chi connectivity index (χ0v) is 11.0. The molecule has 0 aromatic carbocycles. The Morgan fingerprint density at radius 2 is 2.26 bits per heavy atom. The Hall–Kier alpha value is -2.36. The average Bonchev–Trinajstić information content (AvgIpc) is 2.63. The first kappa shape index (κ1) is 13.1. The van der Waals surface area contributed by atoms with E-state index in [1.165, 1.54) is 0 Å². The number of amides is 1. The molecule has 19 heavy (non-hydrogen) atoms. The summed E-state index contributed by atoms with van der Waals surface area (Å²) in [6.07, 6.45) is 11.5. The van der Waals surface area contributed by atoms with Gasteiger partial charge in [-0.2, -0.15) is 0 Å². The average molecular weight is 256 g/mol. The van der Waals surface area contributed by atoms with E-state index in [9.17, 15) is 4.79 Å². The van der Waals surface area contributed by atoms with Crippen LogP contribution in [0.5, 0.6) is 5.75 Å². The third-order valence-corrected chi connectivity index (χ3v) is 2.67. The Morgan fingerprint density at radius 1 is 1.42 bits per heavy atom. The maximum atomic E-state index is 11.5. The SMILES string of the molecule is CNC(=O)c1cc(OC2=CC=CC(C)C=C2)ccn1. The Kier molecular flexibility index (Phi) is 4.13. The topological polar surface area (TPSA) is 51.2 Å². The van der Waals surface area contributed by atoms with Crippen molar-refractivity contribution in [3.05, 3.63) is 60.2 Å². The number of hydrogen-bond acceptors (Lipinski definition) is 3. The molecule has 4 heteroatoms. The first-order chi connectivity index (χ1) is 9.19. The highest BCUT2D eigenvalue weighted by atomic mass is 16.5. The van der Waals surface area contributed by atoms with Gasteiger partial charge in [0, 0.05) is 19.3 Å². The van der Waals surface area contributed by atoms with Crippen molar-refractivity contribution in [2.75, 3.05) is 7.05 Å². The van der Waals surface area contributed by atoms with E-state index in [0.717, 1.165) is 5.76 Å². The van der Waals surface area contributed by atoms with Gasteiger partial charge in [-0.25, -0.2) is 0 Å². The Balaban J connectivity index is 2.16. The minimum absolute atomic E-state index is 0.232. The third kappa shape index (κ3) is 3.55. The molecule has 1 aliphatic carbocycles. The fraction of sp³-hybridized carbons (Fsp3) is 0.200. The number of carbonyl (C=O) groups is 1. The molecule has 0 bridgehead atoms. The second-order valence-corrected chi connectivity index (χ2v) is 4.23. The molecule has 0 aliphatic heterocycles. The van der Waals surface area contributed by atoms with Gasteiger partial charge < -0.3 is 10.1 Å². The third-order valence-electron chi connectivity index (χ3n) is 2.67. The molecule has 0 fully saturated rings. The molecular weight excluding hydrogens is 240 g/mol. The highest BCUT2D eigenvalue weighted by Crippen LogP contribution is 2.17. The van der Waals surface area contributed by atoms with Crippen molar-refractivity contribution in [3.8, 4) is 5.75 Å². The maximum absolute atomic E-state index is 11.5. The van der Waals surface area contributed by atoms with E-state index >= 15 is 0 Å². The van der Waals surface area contributed by atoms with Crippen molar-refractivity contribution in [3.63, 3.8) is 0 Å². The van der Waals surface area contributed by atoms with E-state index in [-0.39, 0.29) is 5.91 Å². The normalized spacial score (nSPS) is 17.6. The summed E-state index contributed by atoms with van der Waals surface area (Å²) in [6, 6.07) is 3.34. The summed E-state index contributed by atoms with van der Waals surface area (Å²) in [4.78, 5) is 15.5. The predicted molar refractivity (Wildman–Crippen MR) is 73.8 cm³/mol. The summed E-state index contributed by atoms with van der Waals surface area (Å²) in [5.41, 5.74) is 0.335. The Morgan fingerprint density at radius 3 is 3.05 bits per heavy atom. The van der Waals surface area contributed by atoms with Gasteiger partial charge in [-0.1, -0.05) is 25.2 Å². The summed E-state index contributed by atoms with van der Waals surface area (Å²) in [5, 5.41) is 2.53. The van der Waals surface area contributed by atoms with Gasteiger partial charge in [0.1, 0.15) is 17.2 Å². The van der Waals surface area contributed by atoms with Gasteiger partial charge in [0.25, 0.3) is 5.91 Å². The minimum atomic E-state index is -0.232. The van der Waals surface area contributed by atoms with Crippen molar-refractivity contribution >= 4 is 5.91 Å². The van der Waals surface area contributed by atoms with Gasteiger partial charge in [-0.15, -0.1) is 0 Å². The van der Waals surface area contributed by atoms with Crippen LogP contribution in [0.3, 0.4) is 0 Å². The molecule has 1 amide bonds. The first-order valence-electron chi connectivity index (χ1n) is 6.11. The number of pyridine rings is 1. The van der Waals surface area contributed by atoms with Crippen LogP contribution in [0, 0.1) is 5.92 Å². The zero-order chi connectivity index (χ0) is 13.7. The molecule has 98 valence electrons. The van der Waals surface area contributed by atoms with E-state index in [4.69, 9.17) is 4.74 Å². The number of rotatable bonds is 3. The standard InChI is InChI=1S/C15H16N2O2/c1-11-4-3-5-12(7-6-11)19-13-8-9-17-14(10-13)15(18)16-2/h3-11H,1-2H3,(H,16,18). The summed E-state index contributed by atoms with van der Waals surface area (Å²) < 4.78 is 5.72. The number of carbonyl (C=O) groups excluding carboxylic acids is 1. The van der Waals surface area contributed by atoms with Gasteiger partial charge in [-0.3, -0.25) is 9.78 Å². The number of hydrogen-bond donors (Lipinski definition) is 1. The molecule has 1 N–H and O–H groups in total. The molecule has 1 aromatic heterocycles. The Bertz CT molecular complexity index is 559. The van der Waals surface area contributed by atoms with Gasteiger partial charge in [-0.05, 0) is 24.1 Å². The van der Waals surface area contributed by atoms with Crippen molar-refractivity contribution < 1.29 is 9.53 Å². The smallest absolute Gasteiger partial charge is 0.269 e. The number of aromatic nitrogens is 1. The van der Waals surface area contributed by atoms with Crippen LogP contribution in [0.25, 0.3) is 0 Å². The summed E-state index contributed by atoms with van der Waals surface area (Å²) in [5.74, 6) is 1.47. The van der Waals surface area contributed by atoms with Crippen LogP contribution in [0.2, 0.25) is 0 Å². The molecule has 1 aromatic rings. The van der Waals surface area contributed by atoms with Gasteiger partial charge in [0.05, 0.1) is 0 Å². The number of nitrogens with one attached hydrogen (secondary N) is 1. The highest BCUT2D eigenvalue weighted by molar-refractivity contribution is 5.92. The fourth-order valence-electron chi connectivity index (χ4n) is 1.62. The van der Waals surface area contributed by atoms with Gasteiger partial charge in [0.2, 0.25) is 0 Å². The minimum Gasteiger partial charge on any atom is -0.457 e. The van der Waals surface area contributed by atoms with Gasteiger partial charge in [0.15, 0.2) is 0 Å². The number of allylic oxidation sites excluding steroid dienone is 5. The molecule has 1 unspecified atom stereocenters. The van der Waals surface area contributed by atoms with Crippen LogP contribution in [0.4, 0.5) is 0 Å². The van der Waals surface area contributed by atoms with Crippen molar-refractivity contribution in [2.24, 2.45) is 5.92 Å². The molecular formula is C15H16N2O2. The van der Waals surface area contributed by atoms with E-state index in [0.29, 0.717) is 17.4 Å². The number of nitrogens with zero attached hydrogens (tertiary/aromatic N) is 1. The quantitative estimate of drug-likeness (QED) is 0.903. The lowest BCUT2D eigenvalue weighted by Gasteiger charge is -2.07. The van der Waals surface area contributed by atoms with Crippen molar-refractivity contribution in [1.82, 2.24) is 10.3 Å². The summed E-state index contributed by atoms with van der Waals surface area (Å²) in [7, 11) is 1.57. The molecule has 2 rings (SSSR count). The predicted octanol–water partition coefficient (Wildman–Crippen LogP) is 2.47. The molecule has 4 nitrogen and oxygen atoms in total. The van der Waals surface area contributed by atoms with Gasteiger partial charge >= 0.3 is 0 Å². The lowest BCUT2D eigenvalue weighted by molar-refractivity contribution is 0.0958. The van der Waals surface area contributed by atoms with Crippen LogP contribution in [0.15, 0.2) is 54.5 Å². The molecule has 1 aliphatic rings. The van der Waals surface area contributed by atoms with E-state index < -0.39 is 0 Å². The lowest BCUT2D eigenvalue weighted by Crippen LogP contribution is -2.19. The van der Waals surface area contributed by atoms with Crippen LogP contribution >= 0.6 is 0 Å². The molecule has 1 heterocycles. The number of ether oxygens (including phenoxy) is 1. The molecule has 0 saturated carbocycles. The molecule has 0 radical (unpaired) electrons. The van der Waals surface area contributed by atoms with E-state index in [1.807, 2.05) is 18.2 Å². The van der Waals surface area contributed by atoms with Crippen LogP contribution in [-0.2, 0) is 0 Å². The van der Waals surface area contributed by atoms with E-state index in [2.05, 4.69) is 29.4 Å². The lowest BCUT2D eigenvalue weighted by atomic mass is 10.2.